The van der Waals surface area contributed by atoms with Gasteiger partial charge in [-0.3, -0.25) is 0 Å². The van der Waals surface area contributed by atoms with Crippen molar-refractivity contribution in [1.82, 2.24) is 10.6 Å². The zero-order chi connectivity index (χ0) is 6.97. The van der Waals surface area contributed by atoms with E-state index in [2.05, 4.69) is 16.7 Å². The Bertz CT molecular complexity index is 198. The van der Waals surface area contributed by atoms with E-state index in [1.807, 2.05) is 0 Å². The summed E-state index contributed by atoms with van der Waals surface area (Å²) in [5, 5.41) is 5.60. The summed E-state index contributed by atoms with van der Waals surface area (Å²) in [6, 6.07) is 0.249. The van der Waals surface area contributed by atoms with E-state index in [0.29, 0.717) is 6.04 Å². The Labute approximate surface area is 59.5 Å². The Morgan fingerprint density at radius 2 is 2.50 bits per heavy atom. The summed E-state index contributed by atoms with van der Waals surface area (Å²) in [6.07, 6.45) is 5.49. The van der Waals surface area contributed by atoms with Gasteiger partial charge in [0.05, 0.1) is 6.04 Å². The van der Waals surface area contributed by atoms with E-state index in [1.165, 1.54) is 6.42 Å². The lowest BCUT2D eigenvalue weighted by Gasteiger charge is -2.14. The van der Waals surface area contributed by atoms with Crippen molar-refractivity contribution in [1.29, 1.82) is 0 Å². The zero-order valence-electron chi connectivity index (χ0n) is 5.68. The first-order valence-corrected chi connectivity index (χ1v) is 3.64. The van der Waals surface area contributed by atoms with Crippen LogP contribution in [-0.4, -0.2) is 12.1 Å². The topological polar surface area (TPSA) is 41.1 Å². The number of rotatable bonds is 0. The van der Waals surface area contributed by atoms with Crippen LogP contribution in [0.1, 0.15) is 19.3 Å². The van der Waals surface area contributed by atoms with Gasteiger partial charge in [0.2, 0.25) is 0 Å². The molecule has 2 amide bonds. The van der Waals surface area contributed by atoms with Crippen molar-refractivity contribution in [2.75, 3.05) is 0 Å². The molecular formula is C7H10N2O. The number of nitrogens with one attached hydrogen (secondary N) is 2. The summed E-state index contributed by atoms with van der Waals surface area (Å²) in [5.74, 6) is 0. The third-order valence-electron chi connectivity index (χ3n) is 2.00. The summed E-state index contributed by atoms with van der Waals surface area (Å²) < 4.78 is 0. The maximum absolute atomic E-state index is 10.7. The molecule has 2 rings (SSSR count). The highest BCUT2D eigenvalue weighted by Crippen LogP contribution is 2.19. The van der Waals surface area contributed by atoms with Crippen LogP contribution in [0.15, 0.2) is 11.8 Å². The van der Waals surface area contributed by atoms with E-state index < -0.39 is 0 Å². The van der Waals surface area contributed by atoms with Gasteiger partial charge in [0, 0.05) is 5.70 Å². The van der Waals surface area contributed by atoms with E-state index in [0.717, 1.165) is 18.5 Å². The molecule has 0 saturated carbocycles. The monoisotopic (exact) mass is 138 g/mol. The highest BCUT2D eigenvalue weighted by Gasteiger charge is 2.26. The van der Waals surface area contributed by atoms with Gasteiger partial charge in [-0.2, -0.15) is 0 Å². The van der Waals surface area contributed by atoms with Crippen LogP contribution in [0, 0.1) is 0 Å². The van der Waals surface area contributed by atoms with Gasteiger partial charge < -0.3 is 10.6 Å². The van der Waals surface area contributed by atoms with Crippen molar-refractivity contribution in [3.05, 3.63) is 11.8 Å². The van der Waals surface area contributed by atoms with E-state index in [-0.39, 0.29) is 6.03 Å². The van der Waals surface area contributed by atoms with Gasteiger partial charge in [-0.1, -0.05) is 6.08 Å². The molecule has 3 heteroatoms. The molecule has 1 unspecified atom stereocenters. The lowest BCUT2D eigenvalue weighted by molar-refractivity contribution is 0.247. The quantitative estimate of drug-likeness (QED) is 0.509. The molecule has 0 aromatic rings. The van der Waals surface area contributed by atoms with Crippen LogP contribution < -0.4 is 10.6 Å². The SMILES string of the molecule is O=C1NC2=CCCCC2N1. The molecule has 0 bridgehead atoms. The number of amides is 2. The fourth-order valence-corrected chi connectivity index (χ4v) is 1.49. The molecule has 1 aliphatic heterocycles. The Hall–Kier alpha value is -0.990. The summed E-state index contributed by atoms with van der Waals surface area (Å²) in [4.78, 5) is 10.7. The van der Waals surface area contributed by atoms with E-state index >= 15 is 0 Å². The number of fused-ring (bicyclic) bond motifs is 1. The summed E-state index contributed by atoms with van der Waals surface area (Å²) >= 11 is 0. The second-order valence-electron chi connectivity index (χ2n) is 2.74. The third kappa shape index (κ3) is 0.781. The molecule has 1 fully saturated rings. The largest absolute Gasteiger partial charge is 0.330 e. The van der Waals surface area contributed by atoms with Gasteiger partial charge >= 0.3 is 6.03 Å². The lowest BCUT2D eigenvalue weighted by Crippen LogP contribution is -2.26. The molecule has 0 aromatic carbocycles. The summed E-state index contributed by atoms with van der Waals surface area (Å²) in [5.41, 5.74) is 1.08. The first-order chi connectivity index (χ1) is 4.86. The van der Waals surface area contributed by atoms with Crippen LogP contribution in [0.3, 0.4) is 0 Å². The number of allylic oxidation sites excluding steroid dienone is 1. The number of urea groups is 1. The highest BCUT2D eigenvalue weighted by atomic mass is 16.2. The summed E-state index contributed by atoms with van der Waals surface area (Å²) in [7, 11) is 0. The second-order valence-corrected chi connectivity index (χ2v) is 2.74. The van der Waals surface area contributed by atoms with Crippen LogP contribution in [-0.2, 0) is 0 Å². The molecule has 0 aromatic heterocycles. The first-order valence-electron chi connectivity index (χ1n) is 3.64. The fourth-order valence-electron chi connectivity index (χ4n) is 1.49. The molecule has 3 nitrogen and oxygen atoms in total. The standard InChI is InChI=1S/C7H10N2O/c10-7-8-5-3-1-2-4-6(5)9-7/h3,6H,1-2,4H2,(H2,8,9,10). The van der Waals surface area contributed by atoms with Crippen molar-refractivity contribution < 1.29 is 4.79 Å². The fraction of sp³-hybridized carbons (Fsp3) is 0.571. The molecule has 10 heavy (non-hydrogen) atoms. The Morgan fingerprint density at radius 3 is 3.30 bits per heavy atom. The van der Waals surface area contributed by atoms with Gasteiger partial charge in [-0.15, -0.1) is 0 Å². The van der Waals surface area contributed by atoms with Crippen LogP contribution in [0.5, 0.6) is 0 Å². The molecule has 0 radical (unpaired) electrons. The van der Waals surface area contributed by atoms with Gasteiger partial charge in [-0.05, 0) is 19.3 Å². The van der Waals surface area contributed by atoms with E-state index in [1.54, 1.807) is 0 Å². The minimum absolute atomic E-state index is 0.0434. The molecule has 1 saturated heterocycles. The number of carbonyl (C=O) groups excluding carboxylic acids is 1. The van der Waals surface area contributed by atoms with Crippen LogP contribution in [0.25, 0.3) is 0 Å². The highest BCUT2D eigenvalue weighted by molar-refractivity contribution is 5.80. The van der Waals surface area contributed by atoms with Crippen LogP contribution in [0.2, 0.25) is 0 Å². The van der Waals surface area contributed by atoms with Gasteiger partial charge in [0.1, 0.15) is 0 Å². The number of hydrogen-bond acceptors (Lipinski definition) is 1. The Kier molecular flexibility index (Phi) is 1.16. The van der Waals surface area contributed by atoms with Gasteiger partial charge in [0.25, 0.3) is 0 Å². The second kappa shape index (κ2) is 2.01. The van der Waals surface area contributed by atoms with Crippen molar-refractivity contribution in [3.63, 3.8) is 0 Å². The average Bonchev–Trinajstić information content (AvgIpc) is 2.27. The maximum Gasteiger partial charge on any atom is 0.319 e. The van der Waals surface area contributed by atoms with E-state index in [4.69, 9.17) is 0 Å². The molecule has 1 atom stereocenters. The Balaban J connectivity index is 2.20. The van der Waals surface area contributed by atoms with Crippen molar-refractivity contribution in [3.8, 4) is 0 Å². The van der Waals surface area contributed by atoms with Crippen molar-refractivity contribution >= 4 is 6.03 Å². The smallest absolute Gasteiger partial charge is 0.319 e. The van der Waals surface area contributed by atoms with Crippen LogP contribution >= 0.6 is 0 Å². The van der Waals surface area contributed by atoms with E-state index in [9.17, 15) is 4.79 Å². The lowest BCUT2D eigenvalue weighted by atomic mass is 10.0. The molecule has 1 heterocycles. The Morgan fingerprint density at radius 1 is 1.60 bits per heavy atom. The van der Waals surface area contributed by atoms with Crippen LogP contribution in [0.4, 0.5) is 4.79 Å². The predicted octanol–water partition coefficient (Wildman–Crippen LogP) is 0.736. The minimum Gasteiger partial charge on any atom is -0.330 e. The predicted molar refractivity (Wildman–Crippen MR) is 37.4 cm³/mol. The molecule has 0 spiro atoms. The zero-order valence-corrected chi connectivity index (χ0v) is 5.68. The normalized spacial score (nSPS) is 30.2. The molecule has 2 aliphatic rings. The summed E-state index contributed by atoms with van der Waals surface area (Å²) in [6.45, 7) is 0. The number of hydrogen-bond donors (Lipinski definition) is 2. The number of carbonyl (C=O) groups is 1. The maximum atomic E-state index is 10.7. The van der Waals surface area contributed by atoms with Gasteiger partial charge in [-0.25, -0.2) is 4.79 Å². The third-order valence-corrected chi connectivity index (χ3v) is 2.00. The minimum atomic E-state index is -0.0434. The van der Waals surface area contributed by atoms with Gasteiger partial charge in [0.15, 0.2) is 0 Å². The molecule has 2 N–H and O–H groups in total. The molecule has 54 valence electrons. The first kappa shape index (κ1) is 5.77. The molecular weight excluding hydrogens is 128 g/mol. The van der Waals surface area contributed by atoms with Crippen molar-refractivity contribution in [2.24, 2.45) is 0 Å². The molecule has 1 aliphatic carbocycles. The van der Waals surface area contributed by atoms with Crippen molar-refractivity contribution in [2.45, 2.75) is 25.3 Å². The average molecular weight is 138 g/mol.